The number of nitro benzene ring substituents is 1. The van der Waals surface area contributed by atoms with Gasteiger partial charge in [-0.15, -0.1) is 0 Å². The zero-order chi connectivity index (χ0) is 20.8. The lowest BCUT2D eigenvalue weighted by molar-refractivity contribution is -0.385. The predicted molar refractivity (Wildman–Crippen MR) is 108 cm³/mol. The number of hydrogen-bond donors (Lipinski definition) is 1. The summed E-state index contributed by atoms with van der Waals surface area (Å²) in [5, 5.41) is 14.3. The van der Waals surface area contributed by atoms with E-state index in [1.54, 1.807) is 11.1 Å². The van der Waals surface area contributed by atoms with Gasteiger partial charge in [-0.3, -0.25) is 24.7 Å². The number of pyridine rings is 1. The quantitative estimate of drug-likeness (QED) is 0.575. The van der Waals surface area contributed by atoms with Gasteiger partial charge >= 0.3 is 0 Å². The van der Waals surface area contributed by atoms with Crippen molar-refractivity contribution < 1.29 is 14.5 Å². The van der Waals surface area contributed by atoms with Gasteiger partial charge in [0.2, 0.25) is 5.91 Å². The fraction of sp³-hybridized carbons (Fsp3) is 0.350. The zero-order valence-corrected chi connectivity index (χ0v) is 16.5. The summed E-state index contributed by atoms with van der Waals surface area (Å²) < 4.78 is 0. The molecule has 1 aromatic carbocycles. The lowest BCUT2D eigenvalue weighted by Gasteiger charge is -2.31. The van der Waals surface area contributed by atoms with E-state index < -0.39 is 10.8 Å². The van der Waals surface area contributed by atoms with Crippen LogP contribution in [0, 0.1) is 16.0 Å². The smallest absolute Gasteiger partial charge is 0.283 e. The van der Waals surface area contributed by atoms with Crippen LogP contribution in [-0.4, -0.2) is 46.3 Å². The number of piperidine rings is 1. The molecule has 0 unspecified atom stereocenters. The highest BCUT2D eigenvalue weighted by molar-refractivity contribution is 6.31. The average Bonchev–Trinajstić information content (AvgIpc) is 2.74. The topological polar surface area (TPSA) is 105 Å². The molecule has 152 valence electrons. The summed E-state index contributed by atoms with van der Waals surface area (Å²) in [5.74, 6) is -0.629. The Bertz CT molecular complexity index is 899. The second-order valence-corrected chi connectivity index (χ2v) is 7.28. The van der Waals surface area contributed by atoms with Crippen LogP contribution >= 0.6 is 11.6 Å². The molecular formula is C20H21ClN4O4. The van der Waals surface area contributed by atoms with Gasteiger partial charge in [0.05, 0.1) is 4.92 Å². The van der Waals surface area contributed by atoms with Gasteiger partial charge in [-0.1, -0.05) is 17.7 Å². The van der Waals surface area contributed by atoms with E-state index in [4.69, 9.17) is 11.6 Å². The number of hydrogen-bond acceptors (Lipinski definition) is 5. The third-order valence-electron chi connectivity index (χ3n) is 4.95. The van der Waals surface area contributed by atoms with Crippen molar-refractivity contribution in [3.05, 3.63) is 69.0 Å². The average molecular weight is 417 g/mol. The summed E-state index contributed by atoms with van der Waals surface area (Å²) in [7, 11) is 0. The van der Waals surface area contributed by atoms with Gasteiger partial charge in [0.25, 0.3) is 11.6 Å². The molecular weight excluding hydrogens is 396 g/mol. The van der Waals surface area contributed by atoms with Crippen LogP contribution < -0.4 is 5.32 Å². The Balaban J connectivity index is 1.52. The molecule has 0 saturated carbocycles. The molecule has 1 N–H and O–H groups in total. The van der Waals surface area contributed by atoms with E-state index >= 15 is 0 Å². The first-order valence-corrected chi connectivity index (χ1v) is 9.74. The van der Waals surface area contributed by atoms with Crippen LogP contribution in [0.15, 0.2) is 42.6 Å². The second kappa shape index (κ2) is 9.47. The van der Waals surface area contributed by atoms with E-state index in [1.807, 2.05) is 18.2 Å². The van der Waals surface area contributed by atoms with E-state index in [9.17, 15) is 19.7 Å². The van der Waals surface area contributed by atoms with Crippen molar-refractivity contribution >= 4 is 29.1 Å². The van der Waals surface area contributed by atoms with E-state index in [-0.39, 0.29) is 28.1 Å². The minimum absolute atomic E-state index is 0.0117. The fourth-order valence-electron chi connectivity index (χ4n) is 3.36. The summed E-state index contributed by atoms with van der Waals surface area (Å²) in [6.07, 6.45) is 3.41. The monoisotopic (exact) mass is 416 g/mol. The minimum atomic E-state index is -0.610. The normalized spacial score (nSPS) is 14.4. The molecule has 0 aliphatic carbocycles. The van der Waals surface area contributed by atoms with Crippen LogP contribution in [0.3, 0.4) is 0 Å². The maximum absolute atomic E-state index is 12.7. The number of nitro groups is 1. The molecule has 2 heterocycles. The zero-order valence-electron chi connectivity index (χ0n) is 15.7. The number of halogens is 1. The lowest BCUT2D eigenvalue weighted by Crippen LogP contribution is -2.43. The molecule has 2 aromatic rings. The molecule has 1 aliphatic rings. The summed E-state index contributed by atoms with van der Waals surface area (Å²) in [5.41, 5.74) is 0.618. The number of nitrogens with zero attached hydrogens (tertiary/aromatic N) is 3. The van der Waals surface area contributed by atoms with Gasteiger partial charge in [-0.2, -0.15) is 0 Å². The van der Waals surface area contributed by atoms with Crippen LogP contribution in [-0.2, 0) is 11.2 Å². The van der Waals surface area contributed by atoms with Crippen molar-refractivity contribution in [3.8, 4) is 0 Å². The first kappa shape index (κ1) is 20.7. The summed E-state index contributed by atoms with van der Waals surface area (Å²) >= 11 is 5.81. The summed E-state index contributed by atoms with van der Waals surface area (Å²) in [4.78, 5) is 41.5. The van der Waals surface area contributed by atoms with Crippen molar-refractivity contribution in [2.75, 3.05) is 19.6 Å². The standard InChI is InChI=1S/C20H21ClN4O4/c21-15-4-5-17(18(13-15)25(28)29)20(27)24-11-7-14(8-12-24)19(26)23-10-6-16-3-1-2-9-22-16/h1-5,9,13-14H,6-8,10-12H2,(H,23,26). The maximum atomic E-state index is 12.7. The van der Waals surface area contributed by atoms with Crippen molar-refractivity contribution in [2.24, 2.45) is 5.92 Å². The molecule has 9 heteroatoms. The highest BCUT2D eigenvalue weighted by Crippen LogP contribution is 2.26. The third-order valence-corrected chi connectivity index (χ3v) is 5.18. The molecule has 1 saturated heterocycles. The molecule has 0 spiro atoms. The van der Waals surface area contributed by atoms with Crippen LogP contribution in [0.1, 0.15) is 28.9 Å². The Morgan fingerprint density at radius 3 is 2.66 bits per heavy atom. The van der Waals surface area contributed by atoms with Gasteiger partial charge in [-0.05, 0) is 37.1 Å². The van der Waals surface area contributed by atoms with Crippen LogP contribution in [0.25, 0.3) is 0 Å². The molecule has 0 radical (unpaired) electrons. The van der Waals surface area contributed by atoms with Gasteiger partial charge < -0.3 is 10.2 Å². The van der Waals surface area contributed by atoms with E-state index in [2.05, 4.69) is 10.3 Å². The fourth-order valence-corrected chi connectivity index (χ4v) is 3.52. The van der Waals surface area contributed by atoms with Gasteiger partial charge in [0, 0.05) is 55.0 Å². The molecule has 0 bridgehead atoms. The first-order chi connectivity index (χ1) is 14.0. The van der Waals surface area contributed by atoms with E-state index in [1.165, 1.54) is 18.2 Å². The predicted octanol–water partition coefficient (Wildman–Crippen LogP) is 2.85. The van der Waals surface area contributed by atoms with Crippen LogP contribution in [0.2, 0.25) is 5.02 Å². The van der Waals surface area contributed by atoms with Crippen molar-refractivity contribution in [1.82, 2.24) is 15.2 Å². The molecule has 1 aromatic heterocycles. The number of amides is 2. The molecule has 1 aliphatic heterocycles. The van der Waals surface area contributed by atoms with E-state index in [0.29, 0.717) is 38.9 Å². The minimum Gasteiger partial charge on any atom is -0.355 e. The second-order valence-electron chi connectivity index (χ2n) is 6.85. The van der Waals surface area contributed by atoms with Gasteiger partial charge in [0.15, 0.2) is 0 Å². The Hall–Kier alpha value is -3.00. The highest BCUT2D eigenvalue weighted by atomic mass is 35.5. The highest BCUT2D eigenvalue weighted by Gasteiger charge is 2.30. The number of aromatic nitrogens is 1. The van der Waals surface area contributed by atoms with Gasteiger partial charge in [0.1, 0.15) is 5.56 Å². The van der Waals surface area contributed by atoms with Gasteiger partial charge in [-0.25, -0.2) is 0 Å². The number of rotatable bonds is 6. The molecule has 0 atom stereocenters. The number of carbonyl (C=O) groups is 2. The molecule has 8 nitrogen and oxygen atoms in total. The van der Waals surface area contributed by atoms with Crippen LogP contribution in [0.5, 0.6) is 0 Å². The summed E-state index contributed by atoms with van der Waals surface area (Å²) in [6, 6.07) is 9.67. The van der Waals surface area contributed by atoms with Crippen molar-refractivity contribution in [3.63, 3.8) is 0 Å². The Morgan fingerprint density at radius 2 is 2.00 bits per heavy atom. The molecule has 2 amide bonds. The number of carbonyl (C=O) groups excluding carboxylic acids is 2. The Morgan fingerprint density at radius 1 is 1.24 bits per heavy atom. The van der Waals surface area contributed by atoms with E-state index in [0.717, 1.165) is 5.69 Å². The molecule has 1 fully saturated rings. The number of benzene rings is 1. The van der Waals surface area contributed by atoms with Crippen molar-refractivity contribution in [1.29, 1.82) is 0 Å². The Kier molecular flexibility index (Phi) is 6.77. The SMILES string of the molecule is O=C(NCCc1ccccn1)C1CCN(C(=O)c2ccc(Cl)cc2[N+](=O)[O-])CC1. The maximum Gasteiger partial charge on any atom is 0.283 e. The summed E-state index contributed by atoms with van der Waals surface area (Å²) in [6.45, 7) is 1.25. The number of likely N-dealkylation sites (tertiary alicyclic amines) is 1. The largest absolute Gasteiger partial charge is 0.355 e. The molecule has 3 rings (SSSR count). The Labute approximate surface area is 173 Å². The molecule has 29 heavy (non-hydrogen) atoms. The van der Waals surface area contributed by atoms with Crippen molar-refractivity contribution in [2.45, 2.75) is 19.3 Å². The number of nitrogens with one attached hydrogen (secondary N) is 1. The lowest BCUT2D eigenvalue weighted by atomic mass is 9.95. The van der Waals surface area contributed by atoms with Crippen LogP contribution in [0.4, 0.5) is 5.69 Å². The first-order valence-electron chi connectivity index (χ1n) is 9.36. The third kappa shape index (κ3) is 5.29.